The van der Waals surface area contributed by atoms with E-state index in [1.807, 2.05) is 0 Å². The van der Waals surface area contributed by atoms with Crippen molar-refractivity contribution >= 4 is 18.0 Å². The highest BCUT2D eigenvalue weighted by Crippen LogP contribution is 2.39. The number of hydrogen-bond acceptors (Lipinski definition) is 2. The molecule has 3 unspecified atom stereocenters. The van der Waals surface area contributed by atoms with E-state index in [-0.39, 0.29) is 0 Å². The fourth-order valence-corrected chi connectivity index (χ4v) is 3.62. The van der Waals surface area contributed by atoms with Crippen LogP contribution in [-0.2, 0) is 4.79 Å². The average molecular weight is 200 g/mol. The Morgan fingerprint density at radius 3 is 2.69 bits per heavy atom. The van der Waals surface area contributed by atoms with E-state index in [1.165, 1.54) is 18.6 Å². The molecule has 13 heavy (non-hydrogen) atoms. The topological polar surface area (TPSA) is 17.1 Å². The van der Waals surface area contributed by atoms with E-state index in [1.54, 1.807) is 0 Å². The lowest BCUT2D eigenvalue weighted by atomic mass is 9.92. The normalized spacial score (nSPS) is 33.5. The summed E-state index contributed by atoms with van der Waals surface area (Å²) in [6.07, 6.45) is 5.41. The summed E-state index contributed by atoms with van der Waals surface area (Å²) in [5.74, 6) is 3.10. The van der Waals surface area contributed by atoms with Gasteiger partial charge in [-0.1, -0.05) is 20.3 Å². The summed E-state index contributed by atoms with van der Waals surface area (Å²) in [7, 11) is 0. The number of hydrogen-bond donors (Lipinski definition) is 0. The number of unbranched alkanes of at least 4 members (excludes halogenated alkanes) is 2. The first-order valence-corrected chi connectivity index (χ1v) is 6.35. The number of carbonyl (C=O) groups is 1. The molecule has 0 aromatic rings. The van der Waals surface area contributed by atoms with Crippen LogP contribution in [0.2, 0.25) is 0 Å². The zero-order valence-corrected chi connectivity index (χ0v) is 9.48. The zero-order valence-electron chi connectivity index (χ0n) is 8.66. The van der Waals surface area contributed by atoms with E-state index in [0.29, 0.717) is 0 Å². The monoisotopic (exact) mass is 200 g/mol. The lowest BCUT2D eigenvalue weighted by Gasteiger charge is -2.16. The largest absolute Gasteiger partial charge is 0.303 e. The van der Waals surface area contributed by atoms with Crippen LogP contribution in [-0.4, -0.2) is 17.3 Å². The van der Waals surface area contributed by atoms with E-state index in [4.69, 9.17) is 0 Å². The maximum atomic E-state index is 10.1. The highest BCUT2D eigenvalue weighted by Gasteiger charge is 2.29. The van der Waals surface area contributed by atoms with Crippen LogP contribution in [0.15, 0.2) is 0 Å². The summed E-state index contributed by atoms with van der Waals surface area (Å²) >= 11 is 2.13. The van der Waals surface area contributed by atoms with Crippen molar-refractivity contribution in [3.63, 3.8) is 0 Å². The molecule has 1 aliphatic rings. The molecular weight excluding hydrogens is 180 g/mol. The Kier molecular flexibility index (Phi) is 4.86. The average Bonchev–Trinajstić information content (AvgIpc) is 2.43. The first kappa shape index (κ1) is 11.1. The number of carbonyl (C=O) groups excluding carboxylic acids is 1. The maximum Gasteiger partial charge on any atom is 0.119 e. The molecule has 0 amide bonds. The van der Waals surface area contributed by atoms with Crippen molar-refractivity contribution in [1.82, 2.24) is 0 Å². The van der Waals surface area contributed by atoms with Crippen LogP contribution in [0, 0.1) is 11.8 Å². The molecule has 0 N–H and O–H groups in total. The van der Waals surface area contributed by atoms with E-state index in [0.717, 1.165) is 36.2 Å². The highest BCUT2D eigenvalue weighted by atomic mass is 32.2. The lowest BCUT2D eigenvalue weighted by Crippen LogP contribution is -2.13. The third kappa shape index (κ3) is 3.34. The number of aldehydes is 1. The van der Waals surface area contributed by atoms with Crippen molar-refractivity contribution in [3.8, 4) is 0 Å². The number of rotatable bonds is 5. The van der Waals surface area contributed by atoms with Crippen LogP contribution >= 0.6 is 11.8 Å². The molecule has 1 saturated heterocycles. The minimum Gasteiger partial charge on any atom is -0.303 e. The second kappa shape index (κ2) is 5.69. The van der Waals surface area contributed by atoms with Crippen molar-refractivity contribution in [2.75, 3.05) is 5.75 Å². The molecule has 76 valence electrons. The van der Waals surface area contributed by atoms with Crippen molar-refractivity contribution in [2.24, 2.45) is 11.8 Å². The van der Waals surface area contributed by atoms with Gasteiger partial charge in [0.1, 0.15) is 6.29 Å². The Bertz CT molecular complexity index is 158. The Morgan fingerprint density at radius 2 is 2.15 bits per heavy atom. The first-order valence-electron chi connectivity index (χ1n) is 5.31. The zero-order chi connectivity index (χ0) is 9.68. The molecule has 0 bridgehead atoms. The van der Waals surface area contributed by atoms with Crippen LogP contribution in [0.25, 0.3) is 0 Å². The summed E-state index contributed by atoms with van der Waals surface area (Å²) < 4.78 is 0. The van der Waals surface area contributed by atoms with Gasteiger partial charge in [0.25, 0.3) is 0 Å². The fraction of sp³-hybridized carbons (Fsp3) is 0.909. The molecule has 2 heteroatoms. The van der Waals surface area contributed by atoms with E-state index in [2.05, 4.69) is 25.6 Å². The van der Waals surface area contributed by atoms with Crippen molar-refractivity contribution in [1.29, 1.82) is 0 Å². The second-order valence-electron chi connectivity index (χ2n) is 4.16. The summed E-state index contributed by atoms with van der Waals surface area (Å²) in [5.41, 5.74) is 0. The molecule has 3 atom stereocenters. The minimum absolute atomic E-state index is 0.751. The predicted octanol–water partition coefficient (Wildman–Crippen LogP) is 3.13. The second-order valence-corrected chi connectivity index (χ2v) is 5.43. The van der Waals surface area contributed by atoms with Gasteiger partial charge in [0, 0.05) is 11.7 Å². The molecule has 0 aliphatic carbocycles. The quantitative estimate of drug-likeness (QED) is 0.501. The minimum atomic E-state index is 0.751. The Labute approximate surface area is 85.7 Å². The van der Waals surface area contributed by atoms with Gasteiger partial charge in [0.15, 0.2) is 0 Å². The van der Waals surface area contributed by atoms with Gasteiger partial charge < -0.3 is 4.79 Å². The van der Waals surface area contributed by atoms with Crippen LogP contribution in [0.1, 0.15) is 39.5 Å². The molecule has 1 aliphatic heterocycles. The summed E-state index contributed by atoms with van der Waals surface area (Å²) in [5, 5.41) is 0.863. The first-order chi connectivity index (χ1) is 6.25. The van der Waals surface area contributed by atoms with Crippen molar-refractivity contribution in [3.05, 3.63) is 0 Å². The Balaban J connectivity index is 2.11. The molecule has 0 aromatic heterocycles. The van der Waals surface area contributed by atoms with Crippen molar-refractivity contribution in [2.45, 2.75) is 44.8 Å². The Morgan fingerprint density at radius 1 is 1.38 bits per heavy atom. The lowest BCUT2D eigenvalue weighted by molar-refractivity contribution is -0.107. The molecule has 0 saturated carbocycles. The third-order valence-electron chi connectivity index (χ3n) is 3.12. The van der Waals surface area contributed by atoms with Gasteiger partial charge in [-0.2, -0.15) is 11.8 Å². The smallest absolute Gasteiger partial charge is 0.119 e. The Hall–Kier alpha value is 0.0200. The molecule has 0 spiro atoms. The summed E-state index contributed by atoms with van der Waals surface area (Å²) in [6, 6.07) is 0. The van der Waals surface area contributed by atoms with Crippen LogP contribution in [0.3, 0.4) is 0 Å². The van der Waals surface area contributed by atoms with Gasteiger partial charge >= 0.3 is 0 Å². The van der Waals surface area contributed by atoms with Gasteiger partial charge in [-0.3, -0.25) is 0 Å². The molecular formula is C11H20OS. The van der Waals surface area contributed by atoms with Gasteiger partial charge in [-0.25, -0.2) is 0 Å². The van der Waals surface area contributed by atoms with E-state index < -0.39 is 0 Å². The van der Waals surface area contributed by atoms with Gasteiger partial charge in [-0.05, 0) is 30.4 Å². The SMILES string of the molecule is CC1CSC(CCCCC=O)C1C. The highest BCUT2D eigenvalue weighted by molar-refractivity contribution is 8.00. The molecule has 0 radical (unpaired) electrons. The third-order valence-corrected chi connectivity index (χ3v) is 4.93. The van der Waals surface area contributed by atoms with Crippen LogP contribution in [0.4, 0.5) is 0 Å². The molecule has 1 rings (SSSR count). The van der Waals surface area contributed by atoms with Gasteiger partial charge in [0.05, 0.1) is 0 Å². The predicted molar refractivity (Wildman–Crippen MR) is 59.1 cm³/mol. The van der Waals surface area contributed by atoms with Crippen LogP contribution in [0.5, 0.6) is 0 Å². The fourth-order valence-electron chi connectivity index (χ4n) is 1.86. The van der Waals surface area contributed by atoms with E-state index >= 15 is 0 Å². The molecule has 1 nitrogen and oxygen atoms in total. The molecule has 1 heterocycles. The standard InChI is InChI=1S/C11H20OS/c1-9-8-13-11(10(9)2)6-4-3-5-7-12/h7,9-11H,3-6,8H2,1-2H3. The maximum absolute atomic E-state index is 10.1. The van der Waals surface area contributed by atoms with Gasteiger partial charge in [-0.15, -0.1) is 0 Å². The number of thioether (sulfide) groups is 1. The summed E-state index contributed by atoms with van der Waals surface area (Å²) in [6.45, 7) is 4.72. The summed E-state index contributed by atoms with van der Waals surface area (Å²) in [4.78, 5) is 10.1. The van der Waals surface area contributed by atoms with Crippen LogP contribution < -0.4 is 0 Å². The van der Waals surface area contributed by atoms with Crippen molar-refractivity contribution < 1.29 is 4.79 Å². The van der Waals surface area contributed by atoms with E-state index in [9.17, 15) is 4.79 Å². The molecule has 1 fully saturated rings. The molecule has 0 aromatic carbocycles. The van der Waals surface area contributed by atoms with Gasteiger partial charge in [0.2, 0.25) is 0 Å².